The van der Waals surface area contributed by atoms with Crippen molar-refractivity contribution in [1.29, 1.82) is 0 Å². The van der Waals surface area contributed by atoms with E-state index in [-0.39, 0.29) is 5.75 Å². The van der Waals surface area contributed by atoms with Crippen LogP contribution < -0.4 is 10.0 Å². The summed E-state index contributed by atoms with van der Waals surface area (Å²) < 4.78 is 31.0. The first-order valence-electron chi connectivity index (χ1n) is 5.94. The van der Waals surface area contributed by atoms with Crippen molar-refractivity contribution >= 4 is 10.0 Å². The highest BCUT2D eigenvalue weighted by Crippen LogP contribution is 2.18. The van der Waals surface area contributed by atoms with Crippen molar-refractivity contribution in [2.75, 3.05) is 32.1 Å². The van der Waals surface area contributed by atoms with Gasteiger partial charge < -0.3 is 10.1 Å². The summed E-state index contributed by atoms with van der Waals surface area (Å²) >= 11 is 0. The molecule has 1 heterocycles. The van der Waals surface area contributed by atoms with Gasteiger partial charge in [0.05, 0.1) is 12.4 Å². The molecule has 1 saturated heterocycles. The Bertz CT molecular complexity index is 308. The number of hydrogen-bond donors (Lipinski definition) is 2. The molecule has 1 unspecified atom stereocenters. The molecule has 94 valence electrons. The lowest BCUT2D eigenvalue weighted by Gasteiger charge is -2.10. The first-order valence-corrected chi connectivity index (χ1v) is 7.59. The fraction of sp³-hybridized carbons (Fsp3) is 1.00. The van der Waals surface area contributed by atoms with Crippen LogP contribution in [0.5, 0.6) is 0 Å². The van der Waals surface area contributed by atoms with Crippen molar-refractivity contribution < 1.29 is 13.2 Å². The van der Waals surface area contributed by atoms with Crippen LogP contribution in [0.1, 0.15) is 19.3 Å². The van der Waals surface area contributed by atoms with Crippen LogP contribution in [0.25, 0.3) is 0 Å². The van der Waals surface area contributed by atoms with Gasteiger partial charge in [-0.15, -0.1) is 0 Å². The predicted octanol–water partition coefficient (Wildman–Crippen LogP) is -0.306. The molecule has 5 nitrogen and oxygen atoms in total. The monoisotopic (exact) mass is 248 g/mol. The van der Waals surface area contributed by atoms with Crippen LogP contribution in [0.3, 0.4) is 0 Å². The van der Waals surface area contributed by atoms with Crippen molar-refractivity contribution in [1.82, 2.24) is 10.0 Å². The standard InChI is InChI=1S/C10H20N2O3S/c13-16(14,6-4-11-10-1-2-10)12-7-9-3-5-15-8-9/h9-12H,1-8H2. The number of hydrogen-bond acceptors (Lipinski definition) is 4. The Morgan fingerprint density at radius 2 is 2.06 bits per heavy atom. The van der Waals surface area contributed by atoms with E-state index in [2.05, 4.69) is 10.0 Å². The largest absolute Gasteiger partial charge is 0.381 e. The Balaban J connectivity index is 1.61. The van der Waals surface area contributed by atoms with E-state index in [1.165, 1.54) is 12.8 Å². The van der Waals surface area contributed by atoms with Crippen LogP contribution in [0, 0.1) is 5.92 Å². The summed E-state index contributed by atoms with van der Waals surface area (Å²) in [7, 11) is -3.10. The lowest BCUT2D eigenvalue weighted by molar-refractivity contribution is 0.186. The minimum absolute atomic E-state index is 0.178. The molecule has 6 heteroatoms. The molecular weight excluding hydrogens is 228 g/mol. The Labute approximate surface area is 97.0 Å². The SMILES string of the molecule is O=S(=O)(CCNC1CC1)NCC1CCOC1. The summed E-state index contributed by atoms with van der Waals surface area (Å²) in [5.41, 5.74) is 0. The predicted molar refractivity (Wildman–Crippen MR) is 61.7 cm³/mol. The fourth-order valence-electron chi connectivity index (χ4n) is 1.75. The van der Waals surface area contributed by atoms with Crippen molar-refractivity contribution in [3.05, 3.63) is 0 Å². The average Bonchev–Trinajstić information content (AvgIpc) is 2.91. The molecule has 0 aromatic heterocycles. The second kappa shape index (κ2) is 5.44. The van der Waals surface area contributed by atoms with Gasteiger partial charge in [-0.25, -0.2) is 13.1 Å². The van der Waals surface area contributed by atoms with E-state index in [1.54, 1.807) is 0 Å². The molecule has 0 aromatic rings. The lowest BCUT2D eigenvalue weighted by Crippen LogP contribution is -2.35. The Kier molecular flexibility index (Phi) is 4.18. The molecule has 0 bridgehead atoms. The highest BCUT2D eigenvalue weighted by atomic mass is 32.2. The van der Waals surface area contributed by atoms with E-state index in [9.17, 15) is 8.42 Å². The van der Waals surface area contributed by atoms with Gasteiger partial charge in [-0.2, -0.15) is 0 Å². The summed E-state index contributed by atoms with van der Waals surface area (Å²) in [5, 5.41) is 3.20. The second-order valence-corrected chi connectivity index (χ2v) is 6.55. The van der Waals surface area contributed by atoms with Crippen LogP contribution in [-0.2, 0) is 14.8 Å². The maximum atomic E-state index is 11.6. The zero-order chi connectivity index (χ0) is 11.4. The van der Waals surface area contributed by atoms with E-state index < -0.39 is 10.0 Å². The Morgan fingerprint density at radius 1 is 1.25 bits per heavy atom. The molecule has 2 aliphatic rings. The molecule has 0 aromatic carbocycles. The van der Waals surface area contributed by atoms with E-state index in [0.29, 0.717) is 31.7 Å². The van der Waals surface area contributed by atoms with Gasteiger partial charge >= 0.3 is 0 Å². The average molecular weight is 248 g/mol. The molecule has 2 fully saturated rings. The van der Waals surface area contributed by atoms with E-state index in [1.807, 2.05) is 0 Å². The highest BCUT2D eigenvalue weighted by Gasteiger charge is 2.22. The smallest absolute Gasteiger partial charge is 0.212 e. The van der Waals surface area contributed by atoms with E-state index in [4.69, 9.17) is 4.74 Å². The molecule has 0 radical (unpaired) electrons. The third-order valence-electron chi connectivity index (χ3n) is 3.00. The molecule has 1 aliphatic heterocycles. The first kappa shape index (κ1) is 12.3. The van der Waals surface area contributed by atoms with E-state index >= 15 is 0 Å². The number of rotatable bonds is 7. The maximum Gasteiger partial charge on any atom is 0.212 e. The second-order valence-electron chi connectivity index (χ2n) is 4.63. The summed E-state index contributed by atoms with van der Waals surface area (Å²) in [5.74, 6) is 0.531. The van der Waals surface area contributed by atoms with Crippen LogP contribution >= 0.6 is 0 Å². The minimum atomic E-state index is -3.10. The lowest BCUT2D eigenvalue weighted by atomic mass is 10.1. The van der Waals surface area contributed by atoms with Crippen molar-refractivity contribution in [2.24, 2.45) is 5.92 Å². The maximum absolute atomic E-state index is 11.6. The van der Waals surface area contributed by atoms with Gasteiger partial charge in [0.2, 0.25) is 10.0 Å². The van der Waals surface area contributed by atoms with Crippen LogP contribution in [0.2, 0.25) is 0 Å². The summed E-state index contributed by atoms with van der Waals surface area (Å²) in [6.07, 6.45) is 3.34. The third kappa shape index (κ3) is 4.37. The highest BCUT2D eigenvalue weighted by molar-refractivity contribution is 7.89. The van der Waals surface area contributed by atoms with Crippen LogP contribution in [-0.4, -0.2) is 46.5 Å². The topological polar surface area (TPSA) is 67.4 Å². The quantitative estimate of drug-likeness (QED) is 0.649. The number of ether oxygens (including phenoxy) is 1. The number of sulfonamides is 1. The van der Waals surface area contributed by atoms with Gasteiger partial charge in [-0.1, -0.05) is 0 Å². The molecule has 0 spiro atoms. The van der Waals surface area contributed by atoms with Gasteiger partial charge in [-0.3, -0.25) is 0 Å². The molecule has 1 atom stereocenters. The summed E-state index contributed by atoms with van der Waals surface area (Å²) in [6, 6.07) is 0.568. The molecule has 1 aliphatic carbocycles. The fourth-order valence-corrected chi connectivity index (χ4v) is 2.77. The Hall–Kier alpha value is -0.170. The van der Waals surface area contributed by atoms with Crippen LogP contribution in [0.15, 0.2) is 0 Å². The normalized spacial score (nSPS) is 26.1. The van der Waals surface area contributed by atoms with E-state index in [0.717, 1.165) is 13.0 Å². The Morgan fingerprint density at radius 3 is 2.69 bits per heavy atom. The summed E-state index contributed by atoms with van der Waals surface area (Å²) in [6.45, 7) is 2.52. The van der Waals surface area contributed by atoms with Crippen molar-refractivity contribution in [2.45, 2.75) is 25.3 Å². The molecule has 16 heavy (non-hydrogen) atoms. The van der Waals surface area contributed by atoms with Gasteiger partial charge in [-0.05, 0) is 25.2 Å². The first-order chi connectivity index (χ1) is 7.66. The molecule has 0 amide bonds. The molecule has 2 rings (SSSR count). The van der Waals surface area contributed by atoms with Gasteiger partial charge in [0.15, 0.2) is 0 Å². The van der Waals surface area contributed by atoms with Crippen molar-refractivity contribution in [3.63, 3.8) is 0 Å². The molecule has 1 saturated carbocycles. The van der Waals surface area contributed by atoms with Gasteiger partial charge in [0.25, 0.3) is 0 Å². The zero-order valence-electron chi connectivity index (χ0n) is 9.44. The van der Waals surface area contributed by atoms with Gasteiger partial charge in [0.1, 0.15) is 0 Å². The third-order valence-corrected chi connectivity index (χ3v) is 4.35. The van der Waals surface area contributed by atoms with Crippen molar-refractivity contribution in [3.8, 4) is 0 Å². The minimum Gasteiger partial charge on any atom is -0.381 e. The molecule has 2 N–H and O–H groups in total. The molecular formula is C10H20N2O3S. The van der Waals surface area contributed by atoms with Gasteiger partial charge in [0, 0.05) is 25.7 Å². The zero-order valence-corrected chi connectivity index (χ0v) is 10.3. The number of nitrogens with one attached hydrogen (secondary N) is 2. The summed E-state index contributed by atoms with van der Waals surface area (Å²) in [4.78, 5) is 0. The van der Waals surface area contributed by atoms with Crippen LogP contribution in [0.4, 0.5) is 0 Å².